The molecule has 1 aromatic rings. The number of halogens is 2. The van der Waals surface area contributed by atoms with E-state index in [4.69, 9.17) is 5.73 Å². The van der Waals surface area contributed by atoms with Gasteiger partial charge in [0.2, 0.25) is 11.8 Å². The molecule has 27 heavy (non-hydrogen) atoms. The predicted molar refractivity (Wildman–Crippen MR) is 111 cm³/mol. The molecule has 0 bridgehead atoms. The summed E-state index contributed by atoms with van der Waals surface area (Å²) in [6.07, 6.45) is 2.38. The van der Waals surface area contributed by atoms with E-state index in [2.05, 4.69) is 10.4 Å². The molecule has 156 valence electrons. The molecule has 1 fully saturated rings. The van der Waals surface area contributed by atoms with Crippen LogP contribution < -0.4 is 11.1 Å². The number of carbonyl (C=O) groups excluding carboxylic acids is 2. The van der Waals surface area contributed by atoms with Crippen LogP contribution >= 0.6 is 24.8 Å². The van der Waals surface area contributed by atoms with E-state index in [1.807, 2.05) is 37.4 Å². The molecular formula is C18H33Cl2N5O2. The van der Waals surface area contributed by atoms with Crippen molar-refractivity contribution in [2.75, 3.05) is 26.2 Å². The van der Waals surface area contributed by atoms with Crippen molar-refractivity contribution in [1.82, 2.24) is 20.0 Å². The Hall–Kier alpha value is -1.31. The summed E-state index contributed by atoms with van der Waals surface area (Å²) in [5, 5.41) is 7.26. The summed E-state index contributed by atoms with van der Waals surface area (Å²) in [6, 6.07) is 0. The molecule has 0 aliphatic carbocycles. The first-order valence-electron chi connectivity index (χ1n) is 9.10. The minimum Gasteiger partial charge on any atom is -0.355 e. The van der Waals surface area contributed by atoms with Gasteiger partial charge in [-0.15, -0.1) is 24.8 Å². The monoisotopic (exact) mass is 421 g/mol. The lowest BCUT2D eigenvalue weighted by Gasteiger charge is -2.33. The number of carbonyl (C=O) groups is 2. The van der Waals surface area contributed by atoms with Crippen molar-refractivity contribution < 1.29 is 9.59 Å². The summed E-state index contributed by atoms with van der Waals surface area (Å²) in [6.45, 7) is 8.14. The minimum absolute atomic E-state index is 0. The van der Waals surface area contributed by atoms with E-state index in [0.29, 0.717) is 26.1 Å². The van der Waals surface area contributed by atoms with Crippen LogP contribution in [-0.2, 0) is 23.1 Å². The van der Waals surface area contributed by atoms with Crippen LogP contribution in [0.2, 0.25) is 0 Å². The first-order valence-corrected chi connectivity index (χ1v) is 9.10. The van der Waals surface area contributed by atoms with E-state index in [9.17, 15) is 9.59 Å². The molecule has 0 saturated carbocycles. The van der Waals surface area contributed by atoms with Crippen molar-refractivity contribution in [3.8, 4) is 0 Å². The highest BCUT2D eigenvalue weighted by Gasteiger charge is 2.30. The molecule has 1 aliphatic rings. The Labute approximate surface area is 174 Å². The normalized spacial score (nSPS) is 17.5. The lowest BCUT2D eigenvalue weighted by Crippen LogP contribution is -2.47. The van der Waals surface area contributed by atoms with Gasteiger partial charge in [-0.25, -0.2) is 0 Å². The van der Waals surface area contributed by atoms with Crippen LogP contribution in [0.25, 0.3) is 0 Å². The lowest BCUT2D eigenvalue weighted by molar-refractivity contribution is -0.138. The number of amides is 2. The first-order chi connectivity index (χ1) is 11.8. The van der Waals surface area contributed by atoms with Crippen LogP contribution in [-0.4, -0.2) is 52.7 Å². The maximum atomic E-state index is 12.9. The number of likely N-dealkylation sites (tertiary alicyclic amines) is 1. The third kappa shape index (κ3) is 6.36. The van der Waals surface area contributed by atoms with E-state index in [1.165, 1.54) is 0 Å². The van der Waals surface area contributed by atoms with Crippen LogP contribution in [0, 0.1) is 25.7 Å². The Kier molecular flexibility index (Phi) is 11.0. The SMILES string of the molecule is Cc1nn(C)c(C)c1CC(C)C(=O)N1CCCC(C(=O)NCCN)C1.Cl.Cl. The summed E-state index contributed by atoms with van der Waals surface area (Å²) in [7, 11) is 1.92. The Morgan fingerprint density at radius 2 is 2.00 bits per heavy atom. The van der Waals surface area contributed by atoms with Crippen LogP contribution in [0.4, 0.5) is 0 Å². The lowest BCUT2D eigenvalue weighted by atomic mass is 9.93. The second kappa shape index (κ2) is 11.5. The van der Waals surface area contributed by atoms with Gasteiger partial charge in [0.05, 0.1) is 11.6 Å². The average Bonchev–Trinajstić information content (AvgIpc) is 2.85. The fourth-order valence-corrected chi connectivity index (χ4v) is 3.55. The molecule has 2 rings (SSSR count). The van der Waals surface area contributed by atoms with Gasteiger partial charge in [0.25, 0.3) is 0 Å². The molecule has 7 nitrogen and oxygen atoms in total. The third-order valence-corrected chi connectivity index (χ3v) is 5.14. The molecule has 0 aromatic carbocycles. The van der Waals surface area contributed by atoms with E-state index >= 15 is 0 Å². The van der Waals surface area contributed by atoms with Crippen molar-refractivity contribution in [3.63, 3.8) is 0 Å². The van der Waals surface area contributed by atoms with Crippen molar-refractivity contribution in [2.45, 2.75) is 40.0 Å². The van der Waals surface area contributed by atoms with Gasteiger partial charge in [0, 0.05) is 44.8 Å². The van der Waals surface area contributed by atoms with Gasteiger partial charge in [-0.3, -0.25) is 14.3 Å². The van der Waals surface area contributed by atoms with Crippen LogP contribution in [0.1, 0.15) is 36.7 Å². The van der Waals surface area contributed by atoms with Gasteiger partial charge in [0.15, 0.2) is 0 Å². The van der Waals surface area contributed by atoms with Crippen LogP contribution in [0.15, 0.2) is 0 Å². The molecule has 0 radical (unpaired) electrons. The number of aryl methyl sites for hydroxylation is 2. The number of hydrogen-bond acceptors (Lipinski definition) is 4. The smallest absolute Gasteiger partial charge is 0.225 e. The molecule has 1 saturated heterocycles. The van der Waals surface area contributed by atoms with Gasteiger partial charge in [0.1, 0.15) is 0 Å². The zero-order valence-electron chi connectivity index (χ0n) is 16.7. The van der Waals surface area contributed by atoms with Gasteiger partial charge < -0.3 is 16.0 Å². The van der Waals surface area contributed by atoms with Gasteiger partial charge in [-0.1, -0.05) is 6.92 Å². The highest BCUT2D eigenvalue weighted by atomic mass is 35.5. The summed E-state index contributed by atoms with van der Waals surface area (Å²) in [4.78, 5) is 26.9. The Morgan fingerprint density at radius 3 is 2.56 bits per heavy atom. The highest BCUT2D eigenvalue weighted by molar-refractivity contribution is 5.85. The fraction of sp³-hybridized carbons (Fsp3) is 0.722. The van der Waals surface area contributed by atoms with E-state index < -0.39 is 0 Å². The van der Waals surface area contributed by atoms with Crippen molar-refractivity contribution in [2.24, 2.45) is 24.6 Å². The molecule has 1 aromatic heterocycles. The number of nitrogens with zero attached hydrogens (tertiary/aromatic N) is 3. The largest absolute Gasteiger partial charge is 0.355 e. The molecule has 2 amide bonds. The van der Waals surface area contributed by atoms with Crippen molar-refractivity contribution in [3.05, 3.63) is 17.0 Å². The quantitative estimate of drug-likeness (QED) is 0.724. The number of nitrogens with two attached hydrogens (primary N) is 1. The van der Waals surface area contributed by atoms with Crippen molar-refractivity contribution in [1.29, 1.82) is 0 Å². The molecule has 2 atom stereocenters. The number of aromatic nitrogens is 2. The van der Waals surface area contributed by atoms with E-state index in [1.54, 1.807) is 0 Å². The highest BCUT2D eigenvalue weighted by Crippen LogP contribution is 2.22. The number of rotatable bonds is 6. The zero-order chi connectivity index (χ0) is 18.6. The summed E-state index contributed by atoms with van der Waals surface area (Å²) in [5.74, 6) is -0.112. The summed E-state index contributed by atoms with van der Waals surface area (Å²) < 4.78 is 1.86. The molecule has 2 unspecified atom stereocenters. The second-order valence-corrected chi connectivity index (χ2v) is 7.08. The van der Waals surface area contributed by atoms with Gasteiger partial charge in [-0.2, -0.15) is 5.10 Å². The zero-order valence-corrected chi connectivity index (χ0v) is 18.3. The molecular weight excluding hydrogens is 389 g/mol. The van der Waals surface area contributed by atoms with Crippen molar-refractivity contribution >= 4 is 36.6 Å². The molecule has 3 N–H and O–H groups in total. The fourth-order valence-electron chi connectivity index (χ4n) is 3.55. The summed E-state index contributed by atoms with van der Waals surface area (Å²) >= 11 is 0. The second-order valence-electron chi connectivity index (χ2n) is 7.08. The summed E-state index contributed by atoms with van der Waals surface area (Å²) in [5.41, 5.74) is 8.68. The number of hydrogen-bond donors (Lipinski definition) is 2. The Balaban J connectivity index is 0.00000338. The average molecular weight is 422 g/mol. The van der Waals surface area contributed by atoms with Gasteiger partial charge >= 0.3 is 0 Å². The Morgan fingerprint density at radius 1 is 1.33 bits per heavy atom. The Bertz CT molecular complexity index is 636. The molecule has 2 heterocycles. The molecule has 1 aliphatic heterocycles. The molecule has 0 spiro atoms. The first kappa shape index (κ1) is 25.7. The third-order valence-electron chi connectivity index (χ3n) is 5.14. The van der Waals surface area contributed by atoms with Gasteiger partial charge in [-0.05, 0) is 38.7 Å². The maximum Gasteiger partial charge on any atom is 0.225 e. The predicted octanol–water partition coefficient (Wildman–Crippen LogP) is 1.37. The topological polar surface area (TPSA) is 93.2 Å². The standard InChI is InChI=1S/C18H31N5O2.2ClH/c1-12(10-16-13(2)21-22(4)14(16)3)18(25)23-9-5-6-15(11-23)17(24)20-8-7-19;;/h12,15H,5-11,19H2,1-4H3,(H,20,24);2*1H. The van der Waals surface area contributed by atoms with Crippen LogP contribution in [0.5, 0.6) is 0 Å². The number of piperidine rings is 1. The maximum absolute atomic E-state index is 12.9. The van der Waals surface area contributed by atoms with E-state index in [-0.39, 0.29) is 48.5 Å². The minimum atomic E-state index is -0.127. The van der Waals surface area contributed by atoms with Crippen LogP contribution in [0.3, 0.4) is 0 Å². The molecule has 9 heteroatoms. The van der Waals surface area contributed by atoms with E-state index in [0.717, 1.165) is 36.3 Å². The number of nitrogens with one attached hydrogen (secondary N) is 1.